The highest BCUT2D eigenvalue weighted by Crippen LogP contribution is 2.45. The third-order valence-electron chi connectivity index (χ3n) is 5.98. The third-order valence-corrected chi connectivity index (χ3v) is 5.98. The molecule has 158 valence electrons. The van der Waals surface area contributed by atoms with E-state index in [9.17, 15) is 22.0 Å². The van der Waals surface area contributed by atoms with Crippen LogP contribution in [0.25, 0.3) is 0 Å². The average Bonchev–Trinajstić information content (AvgIpc) is 2.66. The molecule has 3 rings (SSSR count). The first-order valence-corrected chi connectivity index (χ1v) is 9.98. The normalized spacial score (nSPS) is 34.6. The second-order valence-corrected chi connectivity index (χ2v) is 7.89. The van der Waals surface area contributed by atoms with E-state index in [0.717, 1.165) is 18.6 Å². The van der Waals surface area contributed by atoms with Crippen LogP contribution in [-0.2, 0) is 0 Å². The summed E-state index contributed by atoms with van der Waals surface area (Å²) in [4.78, 5) is 0. The van der Waals surface area contributed by atoms with Crippen molar-refractivity contribution >= 4 is 0 Å². The molecule has 0 bridgehead atoms. The summed E-state index contributed by atoms with van der Waals surface area (Å²) in [7, 11) is 0. The predicted molar refractivity (Wildman–Crippen MR) is 98.1 cm³/mol. The number of halogens is 5. The van der Waals surface area contributed by atoms with Crippen molar-refractivity contribution in [2.24, 2.45) is 17.8 Å². The molecule has 0 aliphatic heterocycles. The predicted octanol–water partition coefficient (Wildman–Crippen LogP) is 7.74. The molecule has 0 N–H and O–H groups in total. The minimum Gasteiger partial charge on any atom is -0.399 e. The molecule has 2 aliphatic carbocycles. The molecule has 0 heterocycles. The Morgan fingerprint density at radius 3 is 2.00 bits per heavy atom. The van der Waals surface area contributed by atoms with Crippen molar-refractivity contribution in [3.63, 3.8) is 0 Å². The van der Waals surface area contributed by atoms with Gasteiger partial charge in [0.25, 0.3) is 0 Å². The smallest absolute Gasteiger partial charge is 0.399 e. The van der Waals surface area contributed by atoms with Crippen LogP contribution in [0, 0.1) is 29.4 Å². The maximum absolute atomic E-state index is 14.1. The van der Waals surface area contributed by atoms with Crippen molar-refractivity contribution in [2.75, 3.05) is 0 Å². The number of rotatable bonds is 5. The number of hydrogen-bond donors (Lipinski definition) is 0. The zero-order valence-electron chi connectivity index (χ0n) is 19.9. The summed E-state index contributed by atoms with van der Waals surface area (Å²) in [6, 6.07) is 1.78. The number of alkyl halides is 3. The zero-order valence-corrected chi connectivity index (χ0v) is 15.9. The first-order chi connectivity index (χ1) is 14.7. The van der Waals surface area contributed by atoms with Crippen LogP contribution in [0.5, 0.6) is 5.75 Å². The minimum atomic E-state index is -5.19. The van der Waals surface area contributed by atoms with Gasteiger partial charge in [-0.05, 0) is 79.9 Å². The van der Waals surface area contributed by atoms with Gasteiger partial charge >= 0.3 is 6.36 Å². The van der Waals surface area contributed by atoms with Crippen LogP contribution in [0.1, 0.15) is 88.0 Å². The van der Waals surface area contributed by atoms with E-state index < -0.39 is 42.4 Å². The quantitative estimate of drug-likeness (QED) is 0.453. The number of benzene rings is 1. The standard InChI is InChI=1S/C22H29F5O/c1-2-3-14-4-6-15(7-5-14)16-8-10-17(11-9-16)18-12-19(23)21(20(24)13-18)28-22(25,26)27/h12-17H,2-11H2,1H3/i4D2,5D2. The Morgan fingerprint density at radius 2 is 1.50 bits per heavy atom. The third kappa shape index (κ3) is 5.38. The van der Waals surface area contributed by atoms with Gasteiger partial charge in [0, 0.05) is 5.48 Å². The molecule has 2 saturated carbocycles. The Labute approximate surface area is 169 Å². The second kappa shape index (κ2) is 9.00. The molecule has 2 aliphatic rings. The molecule has 0 unspecified atom stereocenters. The molecule has 0 spiro atoms. The van der Waals surface area contributed by atoms with E-state index in [4.69, 9.17) is 5.48 Å². The van der Waals surface area contributed by atoms with E-state index in [2.05, 4.69) is 4.74 Å². The topological polar surface area (TPSA) is 9.23 Å². The lowest BCUT2D eigenvalue weighted by molar-refractivity contribution is -0.276. The second-order valence-electron chi connectivity index (χ2n) is 7.89. The Bertz CT molecular complexity index is 765. The van der Waals surface area contributed by atoms with E-state index in [1.54, 1.807) is 0 Å². The fourth-order valence-electron chi connectivity index (χ4n) is 4.51. The van der Waals surface area contributed by atoms with Gasteiger partial charge in [-0.1, -0.05) is 32.5 Å². The van der Waals surface area contributed by atoms with Crippen molar-refractivity contribution in [3.8, 4) is 5.75 Å². The molecular weight excluding hydrogens is 375 g/mol. The van der Waals surface area contributed by atoms with Crippen molar-refractivity contribution in [1.82, 2.24) is 0 Å². The maximum atomic E-state index is 14.1. The summed E-state index contributed by atoms with van der Waals surface area (Å²) in [6.07, 6.45) is -4.09. The molecule has 0 aromatic heterocycles. The van der Waals surface area contributed by atoms with Crippen molar-refractivity contribution in [1.29, 1.82) is 0 Å². The Morgan fingerprint density at radius 1 is 0.964 bits per heavy atom. The van der Waals surface area contributed by atoms with Crippen LogP contribution in [0.15, 0.2) is 12.1 Å². The molecule has 1 aromatic rings. The van der Waals surface area contributed by atoms with Gasteiger partial charge in [-0.2, -0.15) is 0 Å². The van der Waals surface area contributed by atoms with Crippen molar-refractivity contribution in [2.45, 2.75) is 83.3 Å². The lowest BCUT2D eigenvalue weighted by atomic mass is 9.68. The summed E-state index contributed by atoms with van der Waals surface area (Å²) >= 11 is 0. The number of hydrogen-bond acceptors (Lipinski definition) is 1. The average molecular weight is 408 g/mol. The fraction of sp³-hybridized carbons (Fsp3) is 0.727. The number of ether oxygens (including phenoxy) is 1. The maximum Gasteiger partial charge on any atom is 0.573 e. The Hall–Kier alpha value is -1.33. The molecule has 2 fully saturated rings. The highest BCUT2D eigenvalue weighted by atomic mass is 19.4. The monoisotopic (exact) mass is 408 g/mol. The Kier molecular flexibility index (Phi) is 5.29. The van der Waals surface area contributed by atoms with Gasteiger partial charge in [-0.15, -0.1) is 13.2 Å². The van der Waals surface area contributed by atoms with Gasteiger partial charge in [0.1, 0.15) is 0 Å². The van der Waals surface area contributed by atoms with Crippen molar-refractivity contribution in [3.05, 3.63) is 29.3 Å². The van der Waals surface area contributed by atoms with Gasteiger partial charge < -0.3 is 4.74 Å². The van der Waals surface area contributed by atoms with E-state index in [1.165, 1.54) is 0 Å². The highest BCUT2D eigenvalue weighted by Gasteiger charge is 2.35. The molecular formula is C22H29F5O. The van der Waals surface area contributed by atoms with Gasteiger partial charge in [-0.25, -0.2) is 8.78 Å². The van der Waals surface area contributed by atoms with Gasteiger partial charge in [0.2, 0.25) is 5.75 Å². The summed E-state index contributed by atoms with van der Waals surface area (Å²) in [5.41, 5.74) is 0.283. The van der Waals surface area contributed by atoms with Gasteiger partial charge in [0.05, 0.1) is 0 Å². The van der Waals surface area contributed by atoms with Crippen molar-refractivity contribution < 1.29 is 32.2 Å². The lowest BCUT2D eigenvalue weighted by Gasteiger charge is -2.38. The van der Waals surface area contributed by atoms with E-state index >= 15 is 0 Å². The van der Waals surface area contributed by atoms with E-state index in [1.807, 2.05) is 6.92 Å². The fourth-order valence-corrected chi connectivity index (χ4v) is 4.51. The van der Waals surface area contributed by atoms with Crippen LogP contribution >= 0.6 is 0 Å². The molecule has 0 atom stereocenters. The van der Waals surface area contributed by atoms with Crippen LogP contribution in [0.3, 0.4) is 0 Å². The minimum absolute atomic E-state index is 0.106. The van der Waals surface area contributed by atoms with Gasteiger partial charge in [-0.3, -0.25) is 0 Å². The Balaban J connectivity index is 1.67. The largest absolute Gasteiger partial charge is 0.573 e. The van der Waals surface area contributed by atoms with E-state index in [0.29, 0.717) is 44.9 Å². The molecule has 28 heavy (non-hydrogen) atoms. The first kappa shape index (κ1) is 16.5. The van der Waals surface area contributed by atoms with Crippen LogP contribution < -0.4 is 4.74 Å². The summed E-state index contributed by atoms with van der Waals surface area (Å²) < 4.78 is 102. The van der Waals surface area contributed by atoms with Crippen LogP contribution in [0.4, 0.5) is 22.0 Å². The molecule has 1 aromatic carbocycles. The summed E-state index contributed by atoms with van der Waals surface area (Å²) in [5.74, 6) is -5.09. The SMILES string of the molecule is [2H]C1([2H])CC(C2CCC(c3cc(F)c(OC(F)(F)F)c(F)c3)CC2)CC([2H])([2H])C1CCC. The molecule has 6 heteroatoms. The van der Waals surface area contributed by atoms with E-state index in [-0.39, 0.29) is 23.3 Å². The molecule has 0 saturated heterocycles. The van der Waals surface area contributed by atoms with Crippen LogP contribution in [-0.4, -0.2) is 6.36 Å². The molecule has 0 amide bonds. The molecule has 0 radical (unpaired) electrons. The zero-order chi connectivity index (χ0) is 23.9. The summed E-state index contributed by atoms with van der Waals surface area (Å²) in [6.45, 7) is 1.92. The highest BCUT2D eigenvalue weighted by molar-refractivity contribution is 5.33. The summed E-state index contributed by atoms with van der Waals surface area (Å²) in [5, 5.41) is 0. The van der Waals surface area contributed by atoms with Crippen LogP contribution in [0.2, 0.25) is 0 Å². The lowest BCUT2D eigenvalue weighted by Crippen LogP contribution is -2.25. The first-order valence-electron chi connectivity index (χ1n) is 12.0. The van der Waals surface area contributed by atoms with Gasteiger partial charge in [0.15, 0.2) is 11.6 Å². The molecule has 1 nitrogen and oxygen atoms in total.